The number of nitrogens with zero attached hydrogens (tertiary/aromatic N) is 2. The van der Waals surface area contributed by atoms with Gasteiger partial charge in [-0.15, -0.1) is 0 Å². The first-order valence-electron chi connectivity index (χ1n) is 6.74. The molecule has 0 fully saturated rings. The lowest BCUT2D eigenvalue weighted by molar-refractivity contribution is 0.240. The Labute approximate surface area is 131 Å². The molecule has 1 N–H and O–H groups in total. The highest BCUT2D eigenvalue weighted by atomic mass is 35.5. The average molecular weight is 321 g/mol. The van der Waals surface area contributed by atoms with E-state index in [0.29, 0.717) is 10.6 Å². The van der Waals surface area contributed by atoms with Gasteiger partial charge in [-0.05, 0) is 25.1 Å². The molecule has 0 saturated heterocycles. The van der Waals surface area contributed by atoms with Crippen molar-refractivity contribution in [1.82, 2.24) is 4.90 Å². The molecule has 2 aromatic rings. The Balaban J connectivity index is 1.92. The third-order valence-electron chi connectivity index (χ3n) is 3.66. The molecule has 21 heavy (non-hydrogen) atoms. The number of aliphatic hydroxyl groups excluding tert-OH is 1. The minimum absolute atomic E-state index is 0.530. The second kappa shape index (κ2) is 4.80. The number of rotatable bonds is 2. The molecule has 0 radical (unpaired) electrons. The molecule has 3 heterocycles. The largest absolute Gasteiger partial charge is 0.463 e. The van der Waals surface area contributed by atoms with Crippen LogP contribution in [0.2, 0.25) is 5.02 Å². The van der Waals surface area contributed by atoms with Crippen molar-refractivity contribution < 1.29 is 9.52 Å². The van der Waals surface area contributed by atoms with E-state index >= 15 is 0 Å². The van der Waals surface area contributed by atoms with Crippen LogP contribution in [0.1, 0.15) is 12.5 Å². The van der Waals surface area contributed by atoms with Gasteiger partial charge in [0.05, 0.1) is 29.6 Å². The topological polar surface area (TPSA) is 49.0 Å². The van der Waals surface area contributed by atoms with E-state index in [-0.39, 0.29) is 0 Å². The first kappa shape index (κ1) is 13.2. The number of aliphatic hydroxyl groups is 1. The fourth-order valence-corrected chi connectivity index (χ4v) is 4.17. The van der Waals surface area contributed by atoms with Gasteiger partial charge in [0.15, 0.2) is 10.8 Å². The molecule has 2 aliphatic rings. The maximum atomic E-state index is 10.1. The van der Waals surface area contributed by atoms with Crippen molar-refractivity contribution in [2.75, 3.05) is 13.1 Å². The predicted molar refractivity (Wildman–Crippen MR) is 86.4 cm³/mol. The van der Waals surface area contributed by atoms with Crippen molar-refractivity contribution in [1.29, 1.82) is 0 Å². The quantitative estimate of drug-likeness (QED) is 0.919. The summed E-state index contributed by atoms with van der Waals surface area (Å²) in [6.07, 6.45) is 1.10. The van der Waals surface area contributed by atoms with Crippen LogP contribution in [0, 0.1) is 0 Å². The zero-order chi connectivity index (χ0) is 14.6. The van der Waals surface area contributed by atoms with Gasteiger partial charge >= 0.3 is 0 Å². The molecular weight excluding hydrogens is 308 g/mol. The average Bonchev–Trinajstić information content (AvgIpc) is 3.12. The lowest BCUT2D eigenvalue weighted by Crippen LogP contribution is -2.20. The Morgan fingerprint density at radius 1 is 1.48 bits per heavy atom. The molecule has 1 unspecified atom stereocenters. The molecule has 6 heteroatoms. The maximum absolute atomic E-state index is 10.1. The van der Waals surface area contributed by atoms with Gasteiger partial charge in [0.2, 0.25) is 0 Å². The summed E-state index contributed by atoms with van der Waals surface area (Å²) < 4.78 is 5.39. The maximum Gasteiger partial charge on any atom is 0.168 e. The van der Waals surface area contributed by atoms with Crippen molar-refractivity contribution in [3.8, 4) is 0 Å². The molecule has 4 nitrogen and oxygen atoms in total. The van der Waals surface area contributed by atoms with Crippen molar-refractivity contribution in [2.24, 2.45) is 4.99 Å². The molecule has 0 bridgehead atoms. The highest BCUT2D eigenvalue weighted by Gasteiger charge is 2.35. The van der Waals surface area contributed by atoms with Crippen LogP contribution < -0.4 is 0 Å². The molecule has 0 aliphatic carbocycles. The predicted octanol–water partition coefficient (Wildman–Crippen LogP) is 3.55. The second-order valence-corrected chi connectivity index (χ2v) is 6.52. The molecule has 0 spiro atoms. The number of fused-ring (bicyclic) bond motifs is 2. The SMILES string of the molecule is CC(O)C1=C(c2cc(Cl)c3occc3c2)N2CCN=C2S1. The molecule has 2 aliphatic heterocycles. The number of halogens is 1. The van der Waals surface area contributed by atoms with Crippen LogP contribution >= 0.6 is 23.4 Å². The number of aliphatic imine (C=N–C) groups is 1. The van der Waals surface area contributed by atoms with Crippen LogP contribution in [-0.2, 0) is 0 Å². The molecule has 1 atom stereocenters. The fourth-order valence-electron chi connectivity index (χ4n) is 2.76. The Hall–Kier alpha value is -1.43. The van der Waals surface area contributed by atoms with Crippen LogP contribution in [0.4, 0.5) is 0 Å². The number of hydrogen-bond donors (Lipinski definition) is 1. The van der Waals surface area contributed by atoms with Gasteiger partial charge in [-0.25, -0.2) is 0 Å². The zero-order valence-corrected chi connectivity index (χ0v) is 12.9. The summed E-state index contributed by atoms with van der Waals surface area (Å²) in [6.45, 7) is 3.42. The van der Waals surface area contributed by atoms with E-state index in [2.05, 4.69) is 9.89 Å². The number of amidine groups is 1. The lowest BCUT2D eigenvalue weighted by Gasteiger charge is -2.18. The van der Waals surface area contributed by atoms with E-state index in [0.717, 1.165) is 39.8 Å². The smallest absolute Gasteiger partial charge is 0.168 e. The minimum Gasteiger partial charge on any atom is -0.463 e. The van der Waals surface area contributed by atoms with Gasteiger partial charge < -0.3 is 14.4 Å². The molecule has 0 amide bonds. The second-order valence-electron chi connectivity index (χ2n) is 5.10. The standard InChI is InChI=1S/C15H13ClN2O2S/c1-8(19)14-12(18-4-3-17-15(18)21-14)10-6-9-2-5-20-13(9)11(16)7-10/h2,5-8,19H,3-4H2,1H3. The third-order valence-corrected chi connectivity index (χ3v) is 5.23. The summed E-state index contributed by atoms with van der Waals surface area (Å²) in [7, 11) is 0. The molecule has 1 aromatic heterocycles. The highest BCUT2D eigenvalue weighted by molar-refractivity contribution is 8.17. The van der Waals surface area contributed by atoms with Gasteiger partial charge in [-0.1, -0.05) is 23.4 Å². The Morgan fingerprint density at radius 3 is 3.14 bits per heavy atom. The summed E-state index contributed by atoms with van der Waals surface area (Å²) in [5.41, 5.74) is 2.70. The van der Waals surface area contributed by atoms with Gasteiger partial charge in [0, 0.05) is 22.4 Å². The Morgan fingerprint density at radius 2 is 2.33 bits per heavy atom. The summed E-state index contributed by atoms with van der Waals surface area (Å²) in [5, 5.41) is 12.6. The number of furan rings is 1. The molecule has 0 saturated carbocycles. The fraction of sp³-hybridized carbons (Fsp3) is 0.267. The van der Waals surface area contributed by atoms with Gasteiger partial charge in [-0.2, -0.15) is 0 Å². The van der Waals surface area contributed by atoms with E-state index in [9.17, 15) is 5.11 Å². The zero-order valence-electron chi connectivity index (χ0n) is 11.3. The van der Waals surface area contributed by atoms with Crippen molar-refractivity contribution >= 4 is 45.2 Å². The van der Waals surface area contributed by atoms with E-state index in [4.69, 9.17) is 16.0 Å². The Kier molecular flexibility index (Phi) is 3.03. The highest BCUT2D eigenvalue weighted by Crippen LogP contribution is 2.44. The van der Waals surface area contributed by atoms with Crippen molar-refractivity contribution in [3.05, 3.63) is 40.0 Å². The number of hydrogen-bond acceptors (Lipinski definition) is 5. The van der Waals surface area contributed by atoms with Gasteiger partial charge in [-0.3, -0.25) is 4.99 Å². The minimum atomic E-state index is -0.530. The van der Waals surface area contributed by atoms with E-state index in [1.165, 1.54) is 0 Å². The van der Waals surface area contributed by atoms with Crippen LogP contribution in [0.15, 0.2) is 38.8 Å². The number of thioether (sulfide) groups is 1. The lowest BCUT2D eigenvalue weighted by atomic mass is 10.1. The van der Waals surface area contributed by atoms with Crippen LogP contribution in [0.3, 0.4) is 0 Å². The Bertz CT molecular complexity index is 794. The monoisotopic (exact) mass is 320 g/mol. The van der Waals surface area contributed by atoms with E-state index < -0.39 is 6.10 Å². The van der Waals surface area contributed by atoms with Crippen LogP contribution in [-0.4, -0.2) is 34.4 Å². The van der Waals surface area contributed by atoms with E-state index in [1.54, 1.807) is 24.9 Å². The van der Waals surface area contributed by atoms with Crippen molar-refractivity contribution in [2.45, 2.75) is 13.0 Å². The van der Waals surface area contributed by atoms with Gasteiger partial charge in [0.25, 0.3) is 0 Å². The molecule has 4 rings (SSSR count). The summed E-state index contributed by atoms with van der Waals surface area (Å²) in [6, 6.07) is 5.84. The van der Waals surface area contributed by atoms with Crippen LogP contribution in [0.25, 0.3) is 16.7 Å². The summed E-state index contributed by atoms with van der Waals surface area (Å²) >= 11 is 7.86. The van der Waals surface area contributed by atoms with Crippen LogP contribution in [0.5, 0.6) is 0 Å². The first-order chi connectivity index (χ1) is 10.1. The molecule has 108 valence electrons. The summed E-state index contributed by atoms with van der Waals surface area (Å²) in [5.74, 6) is 0. The number of benzene rings is 1. The molecule has 1 aromatic carbocycles. The molecular formula is C15H13ClN2O2S. The first-order valence-corrected chi connectivity index (χ1v) is 7.94. The van der Waals surface area contributed by atoms with Crippen molar-refractivity contribution in [3.63, 3.8) is 0 Å². The summed E-state index contributed by atoms with van der Waals surface area (Å²) in [4.78, 5) is 7.56. The third kappa shape index (κ3) is 1.99. The van der Waals surface area contributed by atoms with E-state index in [1.807, 2.05) is 18.2 Å². The van der Waals surface area contributed by atoms with Gasteiger partial charge in [0.1, 0.15) is 0 Å². The normalized spacial score (nSPS) is 19.4.